The van der Waals surface area contributed by atoms with Gasteiger partial charge in [0.2, 0.25) is 0 Å². The lowest BCUT2D eigenvalue weighted by Crippen LogP contribution is -2.38. The van der Waals surface area contributed by atoms with Crippen molar-refractivity contribution < 1.29 is 0 Å². The molecule has 0 aromatic rings. The highest BCUT2D eigenvalue weighted by Gasteiger charge is 2.23. The third-order valence-corrected chi connectivity index (χ3v) is 12.5. The third-order valence-electron chi connectivity index (χ3n) is 8.79. The summed E-state index contributed by atoms with van der Waals surface area (Å²) in [7, 11) is 3.54. The molecular weight excluding hydrogens is 565 g/mol. The number of hydrogen-bond donors (Lipinski definition) is 0. The Morgan fingerprint density at radius 3 is 0.850 bits per heavy atom. The predicted octanol–water partition coefficient (Wildman–Crippen LogP) is 12.4. The highest BCUT2D eigenvalue weighted by molar-refractivity contribution is 8.89. The Morgan fingerprint density at radius 1 is 0.450 bits per heavy atom. The van der Waals surface area contributed by atoms with E-state index in [2.05, 4.69) is 65.2 Å². The molecule has 0 fully saturated rings. The molecule has 0 aliphatic carbocycles. The summed E-state index contributed by atoms with van der Waals surface area (Å²) in [5.74, 6) is 2.90. The second kappa shape index (κ2) is 27.1. The molecule has 238 valence electrons. The van der Waals surface area contributed by atoms with Crippen molar-refractivity contribution >= 4 is 54.7 Å². The van der Waals surface area contributed by atoms with E-state index in [4.69, 9.17) is 24.4 Å². The van der Waals surface area contributed by atoms with Crippen molar-refractivity contribution in [2.24, 2.45) is 23.7 Å². The molecule has 0 radical (unpaired) electrons. The molecule has 0 bridgehead atoms. The fraction of sp³-hybridized carbons (Fsp3) is 0.941. The normalized spacial score (nSPS) is 14.5. The minimum absolute atomic E-state index is 0.725. The van der Waals surface area contributed by atoms with Crippen molar-refractivity contribution in [3.05, 3.63) is 0 Å². The van der Waals surface area contributed by atoms with Crippen LogP contribution in [-0.2, 0) is 0 Å². The van der Waals surface area contributed by atoms with E-state index in [9.17, 15) is 0 Å². The highest BCUT2D eigenvalue weighted by Crippen LogP contribution is 2.32. The Labute approximate surface area is 271 Å². The average Bonchev–Trinajstić information content (AvgIpc) is 2.97. The van der Waals surface area contributed by atoms with E-state index in [1.54, 1.807) is 21.6 Å². The van der Waals surface area contributed by atoms with Gasteiger partial charge in [-0.25, -0.2) is 0 Å². The number of hydrogen-bond acceptors (Lipinski definition) is 4. The standard InChI is InChI=1S/C34H68N2S4/c1-9-17-21-29(13-5)25-35(26-30(14-6)22-18-10-2)33(37)39-40-34(38)36(27-31(15-7)23-19-11-3)28-32(16-8)24-20-12-4/h29-32H,9-28H2,1-8H3/t29-,30-,31-,32+/m1/s1. The lowest BCUT2D eigenvalue weighted by Gasteiger charge is -2.34. The molecule has 0 aromatic carbocycles. The van der Waals surface area contributed by atoms with Crippen LogP contribution >= 0.6 is 46.0 Å². The van der Waals surface area contributed by atoms with Crippen LogP contribution in [0.2, 0.25) is 0 Å². The van der Waals surface area contributed by atoms with Gasteiger partial charge in [0.1, 0.15) is 8.64 Å². The molecule has 0 aliphatic rings. The van der Waals surface area contributed by atoms with E-state index in [0.717, 1.165) is 58.5 Å². The summed E-state index contributed by atoms with van der Waals surface area (Å²) < 4.78 is 2.10. The first-order valence-corrected chi connectivity index (χ1v) is 20.2. The van der Waals surface area contributed by atoms with Crippen LogP contribution in [0.5, 0.6) is 0 Å². The van der Waals surface area contributed by atoms with Gasteiger partial charge >= 0.3 is 0 Å². The van der Waals surface area contributed by atoms with E-state index in [-0.39, 0.29) is 0 Å². The molecule has 0 N–H and O–H groups in total. The van der Waals surface area contributed by atoms with Crippen molar-refractivity contribution in [3.8, 4) is 0 Å². The van der Waals surface area contributed by atoms with Gasteiger partial charge in [-0.2, -0.15) is 0 Å². The van der Waals surface area contributed by atoms with Crippen LogP contribution in [0.3, 0.4) is 0 Å². The number of nitrogens with zero attached hydrogens (tertiary/aromatic N) is 2. The molecule has 6 heteroatoms. The molecular formula is C34H68N2S4. The van der Waals surface area contributed by atoms with Crippen molar-refractivity contribution in [3.63, 3.8) is 0 Å². The molecule has 0 aromatic heterocycles. The van der Waals surface area contributed by atoms with Gasteiger partial charge in [-0.3, -0.25) is 0 Å². The first kappa shape index (κ1) is 40.5. The Morgan fingerprint density at radius 2 is 0.675 bits per heavy atom. The van der Waals surface area contributed by atoms with E-state index in [1.165, 1.54) is 103 Å². The van der Waals surface area contributed by atoms with E-state index in [1.807, 2.05) is 0 Å². The summed E-state index contributed by atoms with van der Waals surface area (Å²) in [5, 5.41) is 0. The van der Waals surface area contributed by atoms with Crippen LogP contribution in [0.4, 0.5) is 0 Å². The monoisotopic (exact) mass is 632 g/mol. The SMILES string of the molecule is CCCC[C@@H](CC)CN(C[C@H](CC)CCCC)C(=S)SSC(=S)N(C[C@H](CC)CCCC)C[C@@H](CC)CCCC. The number of thiocarbonyl (C=S) groups is 2. The van der Waals surface area contributed by atoms with Crippen LogP contribution in [0.25, 0.3) is 0 Å². The second-order valence-corrected chi connectivity index (χ2v) is 15.6. The lowest BCUT2D eigenvalue weighted by molar-refractivity contribution is 0.269. The fourth-order valence-electron chi connectivity index (χ4n) is 5.54. The molecule has 0 saturated heterocycles. The molecule has 0 heterocycles. The van der Waals surface area contributed by atoms with Crippen LogP contribution in [-0.4, -0.2) is 44.6 Å². The largest absolute Gasteiger partial charge is 0.356 e. The average molecular weight is 633 g/mol. The maximum absolute atomic E-state index is 6.16. The van der Waals surface area contributed by atoms with Gasteiger partial charge in [-0.05, 0) is 70.9 Å². The first-order valence-electron chi connectivity index (χ1n) is 17.3. The zero-order valence-electron chi connectivity index (χ0n) is 28.0. The van der Waals surface area contributed by atoms with Crippen LogP contribution in [0.15, 0.2) is 0 Å². The van der Waals surface area contributed by atoms with E-state index in [0.29, 0.717) is 0 Å². The minimum atomic E-state index is 0.725. The van der Waals surface area contributed by atoms with Gasteiger partial charge in [0.25, 0.3) is 0 Å². The Hall–Kier alpha value is 0.480. The molecule has 2 nitrogen and oxygen atoms in total. The van der Waals surface area contributed by atoms with Crippen molar-refractivity contribution in [1.29, 1.82) is 0 Å². The van der Waals surface area contributed by atoms with Gasteiger partial charge in [0.15, 0.2) is 0 Å². The summed E-state index contributed by atoms with van der Waals surface area (Å²) in [6.07, 6.45) is 20.6. The van der Waals surface area contributed by atoms with Crippen LogP contribution in [0, 0.1) is 23.7 Å². The Balaban J connectivity index is 5.59. The van der Waals surface area contributed by atoms with Crippen molar-refractivity contribution in [1.82, 2.24) is 9.80 Å². The number of rotatable bonds is 24. The van der Waals surface area contributed by atoms with Gasteiger partial charge in [0, 0.05) is 26.2 Å². The van der Waals surface area contributed by atoms with Gasteiger partial charge < -0.3 is 9.80 Å². The zero-order chi connectivity index (χ0) is 30.2. The molecule has 0 aliphatic heterocycles. The maximum atomic E-state index is 6.16. The van der Waals surface area contributed by atoms with Gasteiger partial charge in [-0.1, -0.05) is 157 Å². The molecule has 0 spiro atoms. The van der Waals surface area contributed by atoms with Crippen LogP contribution < -0.4 is 0 Å². The lowest BCUT2D eigenvalue weighted by atomic mass is 9.96. The smallest absolute Gasteiger partial charge is 0.147 e. The topological polar surface area (TPSA) is 6.48 Å². The minimum Gasteiger partial charge on any atom is -0.356 e. The Bertz CT molecular complexity index is 527. The molecule has 0 unspecified atom stereocenters. The summed E-state index contributed by atoms with van der Waals surface area (Å²) >= 11 is 12.3. The van der Waals surface area contributed by atoms with Crippen molar-refractivity contribution in [2.75, 3.05) is 26.2 Å². The molecule has 40 heavy (non-hydrogen) atoms. The fourth-order valence-corrected chi connectivity index (χ4v) is 8.16. The quantitative estimate of drug-likeness (QED) is 0.0766. The summed E-state index contributed by atoms with van der Waals surface area (Å²) in [6.45, 7) is 23.1. The third kappa shape index (κ3) is 18.9. The molecule has 0 rings (SSSR count). The van der Waals surface area contributed by atoms with Gasteiger partial charge in [-0.15, -0.1) is 0 Å². The second-order valence-electron chi connectivity index (χ2n) is 12.2. The summed E-state index contributed by atoms with van der Waals surface area (Å²) in [6, 6.07) is 0. The van der Waals surface area contributed by atoms with E-state index >= 15 is 0 Å². The highest BCUT2D eigenvalue weighted by atomic mass is 33.1. The maximum Gasteiger partial charge on any atom is 0.147 e. The zero-order valence-corrected chi connectivity index (χ0v) is 31.2. The summed E-state index contributed by atoms with van der Waals surface area (Å²) in [5.41, 5.74) is 0. The van der Waals surface area contributed by atoms with Crippen molar-refractivity contribution in [2.45, 2.75) is 158 Å². The number of unbranched alkanes of at least 4 members (excludes halogenated alkanes) is 4. The Kier molecular flexibility index (Phi) is 27.4. The van der Waals surface area contributed by atoms with Crippen LogP contribution in [0.1, 0.15) is 158 Å². The first-order chi connectivity index (χ1) is 19.3. The van der Waals surface area contributed by atoms with Gasteiger partial charge in [0.05, 0.1) is 0 Å². The molecule has 0 saturated carbocycles. The van der Waals surface area contributed by atoms with E-state index < -0.39 is 0 Å². The predicted molar refractivity (Wildman–Crippen MR) is 197 cm³/mol. The molecule has 0 amide bonds. The molecule has 4 atom stereocenters. The summed E-state index contributed by atoms with van der Waals surface area (Å²) in [4.78, 5) is 5.14.